The molecule has 1 aromatic carbocycles. The summed E-state index contributed by atoms with van der Waals surface area (Å²) in [7, 11) is 0. The highest BCUT2D eigenvalue weighted by Gasteiger charge is 2.35. The monoisotopic (exact) mass is 345 g/mol. The summed E-state index contributed by atoms with van der Waals surface area (Å²) in [6.07, 6.45) is 1.58. The topological polar surface area (TPSA) is 37.4 Å². The zero-order valence-electron chi connectivity index (χ0n) is 10.2. The Morgan fingerprint density at radius 1 is 1.10 bits per heavy atom. The van der Waals surface area contributed by atoms with E-state index in [0.717, 1.165) is 19.9 Å². The van der Waals surface area contributed by atoms with E-state index in [2.05, 4.69) is 15.9 Å². The van der Waals surface area contributed by atoms with Crippen molar-refractivity contribution in [3.05, 3.63) is 61.8 Å². The zero-order valence-corrected chi connectivity index (χ0v) is 12.6. The highest BCUT2D eigenvalue weighted by Crippen LogP contribution is 2.39. The molecule has 2 aliphatic rings. The van der Waals surface area contributed by atoms with Crippen molar-refractivity contribution in [3.8, 4) is 0 Å². The van der Waals surface area contributed by atoms with Gasteiger partial charge in [-0.2, -0.15) is 0 Å². The standard InChI is InChI=1S/C15H8BrNO2S/c16-14-5-10-12(18)6-11-8-3-1-2-4-9(8)15(19)17(11)7-13(10)20-14/h1-6H,7H2. The molecule has 20 heavy (non-hydrogen) atoms. The molecule has 1 aromatic heterocycles. The van der Waals surface area contributed by atoms with Gasteiger partial charge in [-0.3, -0.25) is 9.59 Å². The van der Waals surface area contributed by atoms with Gasteiger partial charge in [0, 0.05) is 27.6 Å². The van der Waals surface area contributed by atoms with Gasteiger partial charge in [-0.15, -0.1) is 11.3 Å². The Morgan fingerprint density at radius 3 is 2.65 bits per heavy atom. The molecular weight excluding hydrogens is 338 g/mol. The Labute approximate surface area is 127 Å². The molecule has 1 amide bonds. The fourth-order valence-electron chi connectivity index (χ4n) is 2.67. The number of rotatable bonds is 0. The smallest absolute Gasteiger partial charge is 0.259 e. The molecule has 98 valence electrons. The SMILES string of the molecule is O=C1C=C2c3ccccc3C(=O)N2Cc2sc(Br)cc21. The first-order valence-electron chi connectivity index (χ1n) is 6.10. The van der Waals surface area contributed by atoms with Crippen molar-refractivity contribution in [3.63, 3.8) is 0 Å². The maximum absolute atomic E-state index is 12.5. The van der Waals surface area contributed by atoms with Crippen molar-refractivity contribution in [2.24, 2.45) is 0 Å². The van der Waals surface area contributed by atoms with Crippen molar-refractivity contribution in [1.82, 2.24) is 4.90 Å². The summed E-state index contributed by atoms with van der Waals surface area (Å²) in [5, 5.41) is 0. The van der Waals surface area contributed by atoms with Gasteiger partial charge in [0.05, 0.1) is 16.0 Å². The largest absolute Gasteiger partial charge is 0.302 e. The third kappa shape index (κ3) is 1.57. The van der Waals surface area contributed by atoms with Gasteiger partial charge >= 0.3 is 0 Å². The fraction of sp³-hybridized carbons (Fsp3) is 0.0667. The fourth-order valence-corrected chi connectivity index (χ4v) is 4.36. The van der Waals surface area contributed by atoms with Crippen LogP contribution >= 0.6 is 27.3 Å². The van der Waals surface area contributed by atoms with Crippen molar-refractivity contribution in [2.75, 3.05) is 0 Å². The van der Waals surface area contributed by atoms with Gasteiger partial charge in [0.2, 0.25) is 0 Å². The summed E-state index contributed by atoms with van der Waals surface area (Å²) in [5.41, 5.74) is 2.93. The van der Waals surface area contributed by atoms with E-state index in [0.29, 0.717) is 17.7 Å². The lowest BCUT2D eigenvalue weighted by Crippen LogP contribution is -2.21. The zero-order chi connectivity index (χ0) is 13.9. The summed E-state index contributed by atoms with van der Waals surface area (Å²) in [4.78, 5) is 27.4. The average Bonchev–Trinajstić information content (AvgIpc) is 2.89. The van der Waals surface area contributed by atoms with E-state index in [1.807, 2.05) is 30.3 Å². The minimum Gasteiger partial charge on any atom is -0.302 e. The molecule has 0 fully saturated rings. The Kier molecular flexibility index (Phi) is 2.49. The van der Waals surface area contributed by atoms with Gasteiger partial charge in [-0.05, 0) is 28.1 Å². The summed E-state index contributed by atoms with van der Waals surface area (Å²) in [5.74, 6) is -0.0685. The van der Waals surface area contributed by atoms with Crippen LogP contribution in [0.1, 0.15) is 31.2 Å². The number of fused-ring (bicyclic) bond motifs is 4. The molecule has 0 radical (unpaired) electrons. The second-order valence-corrected chi connectivity index (χ2v) is 7.23. The molecule has 4 rings (SSSR count). The van der Waals surface area contributed by atoms with E-state index in [9.17, 15) is 9.59 Å². The van der Waals surface area contributed by atoms with Crippen LogP contribution < -0.4 is 0 Å². The number of amides is 1. The van der Waals surface area contributed by atoms with E-state index < -0.39 is 0 Å². The van der Waals surface area contributed by atoms with Gasteiger partial charge in [-0.1, -0.05) is 18.2 Å². The molecule has 0 N–H and O–H groups in total. The van der Waals surface area contributed by atoms with Crippen molar-refractivity contribution >= 4 is 44.7 Å². The van der Waals surface area contributed by atoms with Gasteiger partial charge in [0.25, 0.3) is 5.91 Å². The molecule has 2 aromatic rings. The van der Waals surface area contributed by atoms with Crippen LogP contribution in [0.3, 0.4) is 0 Å². The number of carbonyl (C=O) groups is 2. The Bertz CT molecular complexity index is 806. The number of nitrogens with zero attached hydrogens (tertiary/aromatic N) is 1. The molecule has 0 atom stereocenters. The number of hydrogen-bond acceptors (Lipinski definition) is 3. The summed E-state index contributed by atoms with van der Waals surface area (Å²) >= 11 is 4.91. The van der Waals surface area contributed by atoms with E-state index in [-0.39, 0.29) is 11.7 Å². The lowest BCUT2D eigenvalue weighted by Gasteiger charge is -2.15. The first-order valence-corrected chi connectivity index (χ1v) is 7.71. The minimum atomic E-state index is -0.0380. The van der Waals surface area contributed by atoms with E-state index in [1.165, 1.54) is 11.3 Å². The molecule has 0 spiro atoms. The number of carbonyl (C=O) groups excluding carboxylic acids is 2. The molecule has 5 heteroatoms. The van der Waals surface area contributed by atoms with E-state index in [1.54, 1.807) is 11.0 Å². The maximum atomic E-state index is 12.5. The Hall–Kier alpha value is -1.72. The Balaban J connectivity index is 1.94. The first-order chi connectivity index (χ1) is 9.65. The normalized spacial score (nSPS) is 16.4. The average molecular weight is 346 g/mol. The minimum absolute atomic E-state index is 0.0305. The third-order valence-electron chi connectivity index (χ3n) is 3.58. The molecule has 0 saturated heterocycles. The summed E-state index contributed by atoms with van der Waals surface area (Å²) in [6.45, 7) is 0.455. The van der Waals surface area contributed by atoms with Crippen LogP contribution in [0, 0.1) is 0 Å². The van der Waals surface area contributed by atoms with E-state index in [4.69, 9.17) is 0 Å². The first kappa shape index (κ1) is 12.1. The van der Waals surface area contributed by atoms with Crippen LogP contribution in [0.5, 0.6) is 0 Å². The van der Waals surface area contributed by atoms with Crippen LogP contribution in [0.2, 0.25) is 0 Å². The second-order valence-electron chi connectivity index (χ2n) is 4.72. The number of benzene rings is 1. The predicted molar refractivity (Wildman–Crippen MR) is 80.6 cm³/mol. The maximum Gasteiger partial charge on any atom is 0.259 e. The quantitative estimate of drug-likeness (QED) is 0.729. The van der Waals surface area contributed by atoms with Gasteiger partial charge in [0.1, 0.15) is 0 Å². The molecule has 2 aliphatic heterocycles. The number of thiophene rings is 1. The van der Waals surface area contributed by atoms with Gasteiger partial charge < -0.3 is 4.90 Å². The molecule has 3 heterocycles. The van der Waals surface area contributed by atoms with Gasteiger partial charge in [-0.25, -0.2) is 0 Å². The van der Waals surface area contributed by atoms with Crippen LogP contribution in [0.4, 0.5) is 0 Å². The summed E-state index contributed by atoms with van der Waals surface area (Å²) in [6, 6.07) is 9.26. The van der Waals surface area contributed by atoms with Crippen molar-refractivity contribution in [2.45, 2.75) is 6.54 Å². The molecule has 0 saturated carbocycles. The highest BCUT2D eigenvalue weighted by molar-refractivity contribution is 9.11. The lowest BCUT2D eigenvalue weighted by atomic mass is 10.1. The predicted octanol–water partition coefficient (Wildman–Crippen LogP) is 3.70. The number of ketones is 1. The second kappa shape index (κ2) is 4.14. The summed E-state index contributed by atoms with van der Waals surface area (Å²) < 4.78 is 0.914. The number of hydrogen-bond donors (Lipinski definition) is 0. The highest BCUT2D eigenvalue weighted by atomic mass is 79.9. The van der Waals surface area contributed by atoms with Crippen LogP contribution in [-0.4, -0.2) is 16.6 Å². The third-order valence-corrected chi connectivity index (χ3v) is 5.21. The van der Waals surface area contributed by atoms with Crippen LogP contribution in [0.15, 0.2) is 40.2 Å². The Morgan fingerprint density at radius 2 is 1.85 bits per heavy atom. The molecule has 0 bridgehead atoms. The number of halogens is 1. The van der Waals surface area contributed by atoms with Crippen LogP contribution in [-0.2, 0) is 6.54 Å². The molecule has 3 nitrogen and oxygen atoms in total. The molecule has 0 aliphatic carbocycles. The van der Waals surface area contributed by atoms with Crippen molar-refractivity contribution < 1.29 is 9.59 Å². The van der Waals surface area contributed by atoms with E-state index >= 15 is 0 Å². The van der Waals surface area contributed by atoms with Crippen LogP contribution in [0.25, 0.3) is 5.70 Å². The number of allylic oxidation sites excluding steroid dienone is 1. The molecular formula is C15H8BrNO2S. The van der Waals surface area contributed by atoms with Crippen molar-refractivity contribution in [1.29, 1.82) is 0 Å². The molecule has 0 unspecified atom stereocenters. The lowest BCUT2D eigenvalue weighted by molar-refractivity contribution is 0.0844. The van der Waals surface area contributed by atoms with Gasteiger partial charge in [0.15, 0.2) is 5.78 Å².